The summed E-state index contributed by atoms with van der Waals surface area (Å²) < 4.78 is 27.2. The quantitative estimate of drug-likeness (QED) is 0.630. The van der Waals surface area contributed by atoms with Gasteiger partial charge in [-0.25, -0.2) is 9.18 Å². The smallest absolute Gasteiger partial charge is 0.368 e. The topological polar surface area (TPSA) is 44.8 Å². The lowest BCUT2D eigenvalue weighted by atomic mass is 10.2. The van der Waals surface area contributed by atoms with E-state index in [4.69, 9.17) is 4.74 Å². The highest BCUT2D eigenvalue weighted by atomic mass is 19.1. The lowest BCUT2D eigenvalue weighted by Gasteiger charge is -2.12. The fraction of sp³-hybridized carbons (Fsp3) is 0.889. The van der Waals surface area contributed by atoms with Crippen LogP contribution in [-0.4, -0.2) is 38.3 Å². The standard InChI is InChI=1S/C9H15FO4/c1-2-12-9(11)8(10)14-6-7-4-3-5-13-7/h7-8H,2-6H2,1H3. The van der Waals surface area contributed by atoms with Crippen LogP contribution in [0.5, 0.6) is 0 Å². The van der Waals surface area contributed by atoms with Crippen molar-refractivity contribution in [2.24, 2.45) is 0 Å². The first-order valence-electron chi connectivity index (χ1n) is 4.78. The predicted octanol–water partition coefficient (Wildman–Crippen LogP) is 1.04. The Hall–Kier alpha value is -0.680. The number of ether oxygens (including phenoxy) is 3. The van der Waals surface area contributed by atoms with Crippen LogP contribution < -0.4 is 0 Å². The molecule has 0 aromatic heterocycles. The van der Waals surface area contributed by atoms with Crippen LogP contribution in [0.3, 0.4) is 0 Å². The van der Waals surface area contributed by atoms with Crippen LogP contribution in [0.2, 0.25) is 0 Å². The third kappa shape index (κ3) is 3.59. The molecule has 0 aromatic rings. The monoisotopic (exact) mass is 206 g/mol. The summed E-state index contributed by atoms with van der Waals surface area (Å²) in [5.74, 6) is -0.967. The molecule has 0 saturated carbocycles. The molecule has 0 aliphatic carbocycles. The van der Waals surface area contributed by atoms with Crippen LogP contribution in [0.4, 0.5) is 4.39 Å². The molecule has 2 atom stereocenters. The van der Waals surface area contributed by atoms with Crippen LogP contribution in [0.15, 0.2) is 0 Å². The molecular formula is C9H15FO4. The Balaban J connectivity index is 2.13. The molecule has 0 N–H and O–H groups in total. The second kappa shape index (κ2) is 5.93. The van der Waals surface area contributed by atoms with Gasteiger partial charge in [0.25, 0.3) is 6.36 Å². The van der Waals surface area contributed by atoms with Crippen molar-refractivity contribution in [2.45, 2.75) is 32.2 Å². The van der Waals surface area contributed by atoms with Crippen molar-refractivity contribution in [3.8, 4) is 0 Å². The van der Waals surface area contributed by atoms with Crippen molar-refractivity contribution < 1.29 is 23.4 Å². The summed E-state index contributed by atoms with van der Waals surface area (Å²) in [6.07, 6.45) is -0.248. The zero-order valence-electron chi connectivity index (χ0n) is 8.20. The molecule has 2 unspecified atom stereocenters. The van der Waals surface area contributed by atoms with Crippen LogP contribution in [0.1, 0.15) is 19.8 Å². The van der Waals surface area contributed by atoms with E-state index in [-0.39, 0.29) is 19.3 Å². The number of alkyl halides is 1. The number of hydrogen-bond donors (Lipinski definition) is 0. The number of carbonyl (C=O) groups is 1. The first-order chi connectivity index (χ1) is 6.74. The van der Waals surface area contributed by atoms with Crippen molar-refractivity contribution >= 4 is 5.97 Å². The highest BCUT2D eigenvalue weighted by Crippen LogP contribution is 2.13. The molecule has 0 radical (unpaired) electrons. The molecule has 0 bridgehead atoms. The molecule has 1 saturated heterocycles. The van der Waals surface area contributed by atoms with E-state index in [0.29, 0.717) is 6.61 Å². The number of hydrogen-bond acceptors (Lipinski definition) is 4. The van der Waals surface area contributed by atoms with E-state index in [2.05, 4.69) is 9.47 Å². The van der Waals surface area contributed by atoms with E-state index in [0.717, 1.165) is 12.8 Å². The highest BCUT2D eigenvalue weighted by molar-refractivity contribution is 5.72. The van der Waals surface area contributed by atoms with Gasteiger partial charge in [0, 0.05) is 6.61 Å². The van der Waals surface area contributed by atoms with E-state index in [1.165, 1.54) is 0 Å². The van der Waals surface area contributed by atoms with E-state index in [1.54, 1.807) is 6.92 Å². The summed E-state index contributed by atoms with van der Waals surface area (Å²) in [5.41, 5.74) is 0. The van der Waals surface area contributed by atoms with Crippen molar-refractivity contribution in [1.82, 2.24) is 0 Å². The third-order valence-electron chi connectivity index (χ3n) is 1.92. The SMILES string of the molecule is CCOC(=O)C(F)OCC1CCCO1. The summed E-state index contributed by atoms with van der Waals surface area (Å²) in [7, 11) is 0. The molecule has 5 heteroatoms. The molecule has 1 aliphatic heterocycles. The van der Waals surface area contributed by atoms with Gasteiger partial charge in [0.05, 0.1) is 19.3 Å². The largest absolute Gasteiger partial charge is 0.462 e. The van der Waals surface area contributed by atoms with Gasteiger partial charge in [-0.15, -0.1) is 0 Å². The average Bonchev–Trinajstić information content (AvgIpc) is 2.67. The molecule has 14 heavy (non-hydrogen) atoms. The van der Waals surface area contributed by atoms with Crippen LogP contribution in [0, 0.1) is 0 Å². The Morgan fingerprint density at radius 1 is 1.71 bits per heavy atom. The van der Waals surface area contributed by atoms with Gasteiger partial charge < -0.3 is 14.2 Å². The van der Waals surface area contributed by atoms with Gasteiger partial charge in [0.15, 0.2) is 0 Å². The van der Waals surface area contributed by atoms with Crippen LogP contribution >= 0.6 is 0 Å². The van der Waals surface area contributed by atoms with E-state index < -0.39 is 12.3 Å². The second-order valence-corrected chi connectivity index (χ2v) is 3.04. The van der Waals surface area contributed by atoms with Crippen LogP contribution in [0.25, 0.3) is 0 Å². The summed E-state index contributed by atoms with van der Waals surface area (Å²) in [6, 6.07) is 0. The maximum Gasteiger partial charge on any atom is 0.368 e. The van der Waals surface area contributed by atoms with Crippen molar-refractivity contribution in [1.29, 1.82) is 0 Å². The van der Waals surface area contributed by atoms with Crippen LogP contribution in [-0.2, 0) is 19.0 Å². The lowest BCUT2D eigenvalue weighted by Crippen LogP contribution is -2.26. The van der Waals surface area contributed by atoms with Crippen molar-refractivity contribution in [3.63, 3.8) is 0 Å². The minimum atomic E-state index is -1.99. The summed E-state index contributed by atoms with van der Waals surface area (Å²) >= 11 is 0. The Kier molecular flexibility index (Phi) is 4.82. The van der Waals surface area contributed by atoms with Gasteiger partial charge in [-0.1, -0.05) is 0 Å². The van der Waals surface area contributed by atoms with E-state index in [1.807, 2.05) is 0 Å². The average molecular weight is 206 g/mol. The first kappa shape index (κ1) is 11.4. The zero-order chi connectivity index (χ0) is 10.4. The highest BCUT2D eigenvalue weighted by Gasteiger charge is 2.23. The first-order valence-corrected chi connectivity index (χ1v) is 4.78. The molecule has 0 amide bonds. The van der Waals surface area contributed by atoms with Gasteiger partial charge in [-0.2, -0.15) is 0 Å². The number of rotatable bonds is 5. The molecular weight excluding hydrogens is 191 g/mol. The molecule has 1 aliphatic rings. The predicted molar refractivity (Wildman–Crippen MR) is 46.5 cm³/mol. The van der Waals surface area contributed by atoms with Gasteiger partial charge in [0.1, 0.15) is 0 Å². The third-order valence-corrected chi connectivity index (χ3v) is 1.92. The maximum absolute atomic E-state index is 12.9. The van der Waals surface area contributed by atoms with Gasteiger partial charge in [-0.3, -0.25) is 0 Å². The number of esters is 1. The molecule has 0 spiro atoms. The van der Waals surface area contributed by atoms with E-state index >= 15 is 0 Å². The molecule has 1 rings (SSSR count). The van der Waals surface area contributed by atoms with Crippen molar-refractivity contribution in [2.75, 3.05) is 19.8 Å². The normalized spacial score (nSPS) is 23.4. The Bertz CT molecular complexity index is 180. The number of carbonyl (C=O) groups excluding carboxylic acids is 1. The second-order valence-electron chi connectivity index (χ2n) is 3.04. The summed E-state index contributed by atoms with van der Waals surface area (Å²) in [4.78, 5) is 10.8. The summed E-state index contributed by atoms with van der Waals surface area (Å²) in [6.45, 7) is 2.57. The molecule has 4 nitrogen and oxygen atoms in total. The molecule has 1 fully saturated rings. The fourth-order valence-electron chi connectivity index (χ4n) is 1.24. The Labute approximate surface area is 82.3 Å². The van der Waals surface area contributed by atoms with Gasteiger partial charge >= 0.3 is 5.97 Å². The van der Waals surface area contributed by atoms with Gasteiger partial charge in [0.2, 0.25) is 0 Å². The van der Waals surface area contributed by atoms with E-state index in [9.17, 15) is 9.18 Å². The fourth-order valence-corrected chi connectivity index (χ4v) is 1.24. The Morgan fingerprint density at radius 3 is 3.07 bits per heavy atom. The lowest BCUT2D eigenvalue weighted by molar-refractivity contribution is -0.172. The molecule has 0 aromatic carbocycles. The minimum Gasteiger partial charge on any atom is -0.462 e. The summed E-state index contributed by atoms with van der Waals surface area (Å²) in [5, 5.41) is 0. The maximum atomic E-state index is 12.9. The minimum absolute atomic E-state index is 0.0809. The number of halogens is 1. The molecule has 82 valence electrons. The van der Waals surface area contributed by atoms with Gasteiger partial charge in [-0.05, 0) is 19.8 Å². The molecule has 1 heterocycles. The zero-order valence-corrected chi connectivity index (χ0v) is 8.20. The van der Waals surface area contributed by atoms with Crippen molar-refractivity contribution in [3.05, 3.63) is 0 Å². The Morgan fingerprint density at radius 2 is 2.50 bits per heavy atom.